The smallest absolute Gasteiger partial charge is 0.306 e. The van der Waals surface area contributed by atoms with Crippen molar-refractivity contribution in [2.75, 3.05) is 47.5 Å². The van der Waals surface area contributed by atoms with Gasteiger partial charge in [-0.1, -0.05) is 238 Å². The molecule has 0 spiro atoms. The van der Waals surface area contributed by atoms with E-state index in [-0.39, 0.29) is 32.0 Å². The summed E-state index contributed by atoms with van der Waals surface area (Å²) in [7, 11) is 1.18. The van der Waals surface area contributed by atoms with Gasteiger partial charge in [-0.2, -0.15) is 0 Å². The summed E-state index contributed by atoms with van der Waals surface area (Å²) in [4.78, 5) is 37.8. The molecule has 0 N–H and O–H groups in total. The van der Waals surface area contributed by atoms with Gasteiger partial charge in [0.2, 0.25) is 0 Å². The third-order valence-corrected chi connectivity index (χ3v) is 13.5. The van der Waals surface area contributed by atoms with Crippen molar-refractivity contribution in [1.29, 1.82) is 0 Å². The van der Waals surface area contributed by atoms with Crippen molar-refractivity contribution in [3.05, 3.63) is 12.2 Å². The maximum absolute atomic E-state index is 12.8. The van der Waals surface area contributed by atoms with Gasteiger partial charge in [0.25, 0.3) is 7.82 Å². The van der Waals surface area contributed by atoms with Crippen molar-refractivity contribution >= 4 is 19.8 Å². The molecule has 0 rings (SSSR count). The topological polar surface area (TPSA) is 111 Å². The van der Waals surface area contributed by atoms with Crippen molar-refractivity contribution < 1.29 is 42.1 Å². The lowest BCUT2D eigenvalue weighted by atomic mass is 10.0. The molecule has 0 bridgehead atoms. The van der Waals surface area contributed by atoms with Crippen LogP contribution < -0.4 is 4.89 Å². The van der Waals surface area contributed by atoms with E-state index in [2.05, 4.69) is 26.0 Å². The van der Waals surface area contributed by atoms with E-state index in [0.717, 1.165) is 32.1 Å². The van der Waals surface area contributed by atoms with E-state index in [0.29, 0.717) is 17.4 Å². The quantitative estimate of drug-likeness (QED) is 0.0195. The van der Waals surface area contributed by atoms with Crippen LogP contribution in [0.4, 0.5) is 0 Å². The predicted molar refractivity (Wildman–Crippen MR) is 273 cm³/mol. The number of unbranched alkanes of at least 4 members (excludes halogenated alkanes) is 36. The van der Waals surface area contributed by atoms with Gasteiger partial charge >= 0.3 is 11.9 Å². The number of esters is 2. The SMILES string of the molecule is CCCCCCCCCC/C=C\CCCCCCCCCCCCCCCC(=O)OC(COC(=O)CCCCCCCCCCCCCCCCCC)COP(=O)([O-])OCC[N+](C)(C)C. The Morgan fingerprint density at radius 3 is 1.14 bits per heavy atom. The minimum Gasteiger partial charge on any atom is -0.756 e. The molecule has 0 radical (unpaired) electrons. The van der Waals surface area contributed by atoms with Crippen molar-refractivity contribution in [2.45, 2.75) is 283 Å². The van der Waals surface area contributed by atoms with Crippen molar-refractivity contribution in [3.63, 3.8) is 0 Å². The summed E-state index contributed by atoms with van der Waals surface area (Å²) in [6.07, 6.45) is 53.9. The number of phosphoric acid groups is 1. The molecule has 0 amide bonds. The standard InChI is InChI=1S/C55H108NO8P/c1-6-8-10-12-14-16-18-20-22-24-25-26-27-28-29-30-31-32-34-36-38-40-42-44-46-48-55(58)64-53(52-63-65(59,60)62-50-49-56(3,4)5)51-61-54(57)47-45-43-41-39-37-35-33-23-21-19-17-15-13-11-9-7-2/h24-25,53H,6-23,26-52H2,1-5H3/b25-24-. The highest BCUT2D eigenvalue weighted by atomic mass is 31.2. The summed E-state index contributed by atoms with van der Waals surface area (Å²) in [5, 5.41) is 0. The third-order valence-electron chi connectivity index (χ3n) is 12.5. The van der Waals surface area contributed by atoms with Gasteiger partial charge in [-0.05, 0) is 38.5 Å². The number of quaternary nitrogens is 1. The van der Waals surface area contributed by atoms with Crippen LogP contribution in [0.5, 0.6) is 0 Å². The van der Waals surface area contributed by atoms with E-state index >= 15 is 0 Å². The summed E-state index contributed by atoms with van der Waals surface area (Å²) in [5.41, 5.74) is 0. The van der Waals surface area contributed by atoms with E-state index < -0.39 is 26.5 Å². The number of allylic oxidation sites excluding steroid dienone is 2. The molecule has 0 aliphatic heterocycles. The van der Waals surface area contributed by atoms with Crippen molar-refractivity contribution in [2.24, 2.45) is 0 Å². The molecule has 10 heteroatoms. The summed E-state index contributed by atoms with van der Waals surface area (Å²) in [5.74, 6) is -0.816. The van der Waals surface area contributed by atoms with Crippen molar-refractivity contribution in [1.82, 2.24) is 0 Å². The van der Waals surface area contributed by atoms with E-state index in [1.165, 1.54) is 212 Å². The summed E-state index contributed by atoms with van der Waals surface area (Å²) >= 11 is 0. The van der Waals surface area contributed by atoms with Gasteiger partial charge < -0.3 is 27.9 Å². The van der Waals surface area contributed by atoms with Crippen LogP contribution in [0.15, 0.2) is 12.2 Å². The van der Waals surface area contributed by atoms with Crippen LogP contribution in [0.3, 0.4) is 0 Å². The van der Waals surface area contributed by atoms with Crippen LogP contribution in [0.2, 0.25) is 0 Å². The van der Waals surface area contributed by atoms with E-state index in [1.807, 2.05) is 21.1 Å². The van der Waals surface area contributed by atoms with Crippen LogP contribution in [-0.2, 0) is 32.7 Å². The molecule has 386 valence electrons. The first-order chi connectivity index (χ1) is 31.5. The Kier molecular flexibility index (Phi) is 46.9. The molecule has 0 aromatic carbocycles. The fourth-order valence-electron chi connectivity index (χ4n) is 8.18. The molecule has 0 aromatic heterocycles. The van der Waals surface area contributed by atoms with Gasteiger partial charge in [0.1, 0.15) is 19.8 Å². The monoisotopic (exact) mass is 942 g/mol. The fraction of sp³-hybridized carbons (Fsp3) is 0.927. The molecule has 2 atom stereocenters. The van der Waals surface area contributed by atoms with E-state index in [1.54, 1.807) is 0 Å². The zero-order valence-electron chi connectivity index (χ0n) is 43.7. The maximum Gasteiger partial charge on any atom is 0.306 e. The summed E-state index contributed by atoms with van der Waals surface area (Å²) in [6, 6.07) is 0. The Labute approximate surface area is 403 Å². The molecular formula is C55H108NO8P. The number of phosphoric ester groups is 1. The van der Waals surface area contributed by atoms with Gasteiger partial charge in [0.05, 0.1) is 27.7 Å². The molecular weight excluding hydrogens is 834 g/mol. The second-order valence-corrected chi connectivity index (χ2v) is 21.7. The first-order valence-electron chi connectivity index (χ1n) is 27.9. The molecule has 9 nitrogen and oxygen atoms in total. The van der Waals surface area contributed by atoms with Gasteiger partial charge in [-0.3, -0.25) is 14.2 Å². The lowest BCUT2D eigenvalue weighted by molar-refractivity contribution is -0.870. The van der Waals surface area contributed by atoms with E-state index in [4.69, 9.17) is 18.5 Å². The molecule has 0 aliphatic carbocycles. The highest BCUT2D eigenvalue weighted by Crippen LogP contribution is 2.38. The largest absolute Gasteiger partial charge is 0.756 e. The average Bonchev–Trinajstić information content (AvgIpc) is 3.26. The molecule has 0 saturated heterocycles. The zero-order valence-corrected chi connectivity index (χ0v) is 44.6. The van der Waals surface area contributed by atoms with Crippen LogP contribution in [0, 0.1) is 0 Å². The van der Waals surface area contributed by atoms with Crippen LogP contribution in [-0.4, -0.2) is 70.0 Å². The highest BCUT2D eigenvalue weighted by Gasteiger charge is 2.22. The normalized spacial score (nSPS) is 13.4. The third kappa shape index (κ3) is 52.0. The second-order valence-electron chi connectivity index (χ2n) is 20.3. The number of rotatable bonds is 52. The van der Waals surface area contributed by atoms with Gasteiger partial charge in [-0.15, -0.1) is 0 Å². The number of hydrogen-bond donors (Lipinski definition) is 0. The highest BCUT2D eigenvalue weighted by molar-refractivity contribution is 7.45. The molecule has 0 aromatic rings. The molecule has 0 aliphatic rings. The van der Waals surface area contributed by atoms with E-state index in [9.17, 15) is 19.0 Å². The Morgan fingerprint density at radius 1 is 0.462 bits per heavy atom. The molecule has 0 fully saturated rings. The fourth-order valence-corrected chi connectivity index (χ4v) is 8.91. The van der Waals surface area contributed by atoms with Crippen LogP contribution in [0.25, 0.3) is 0 Å². The summed E-state index contributed by atoms with van der Waals surface area (Å²) in [6.45, 7) is 4.29. The Morgan fingerprint density at radius 2 is 0.785 bits per heavy atom. The second kappa shape index (κ2) is 47.8. The van der Waals surface area contributed by atoms with Gasteiger partial charge in [0.15, 0.2) is 6.10 Å². The average molecular weight is 942 g/mol. The van der Waals surface area contributed by atoms with Crippen LogP contribution >= 0.6 is 7.82 Å². The Hall–Kier alpha value is -1.25. The number of carbonyl (C=O) groups excluding carboxylic acids is 2. The minimum atomic E-state index is -4.63. The predicted octanol–water partition coefficient (Wildman–Crippen LogP) is 16.2. The lowest BCUT2D eigenvalue weighted by Gasteiger charge is -2.28. The molecule has 0 saturated carbocycles. The van der Waals surface area contributed by atoms with Crippen LogP contribution in [0.1, 0.15) is 277 Å². The minimum absolute atomic E-state index is 0.0269. The Bertz CT molecular complexity index is 1110. The van der Waals surface area contributed by atoms with Crippen molar-refractivity contribution in [3.8, 4) is 0 Å². The number of ether oxygens (including phenoxy) is 2. The zero-order chi connectivity index (χ0) is 47.8. The first kappa shape index (κ1) is 63.8. The maximum atomic E-state index is 12.8. The first-order valence-corrected chi connectivity index (χ1v) is 29.4. The lowest BCUT2D eigenvalue weighted by Crippen LogP contribution is -2.37. The summed E-state index contributed by atoms with van der Waals surface area (Å²) < 4.78 is 34.1. The van der Waals surface area contributed by atoms with Gasteiger partial charge in [-0.25, -0.2) is 0 Å². The molecule has 65 heavy (non-hydrogen) atoms. The Balaban J connectivity index is 4.13. The number of hydrogen-bond acceptors (Lipinski definition) is 8. The molecule has 0 heterocycles. The number of likely N-dealkylation sites (N-methyl/N-ethyl adjacent to an activating group) is 1. The number of nitrogens with zero attached hydrogens (tertiary/aromatic N) is 1. The van der Waals surface area contributed by atoms with Gasteiger partial charge in [0, 0.05) is 12.8 Å². The molecule has 2 unspecified atom stereocenters. The number of carbonyl (C=O) groups is 2.